The van der Waals surface area contributed by atoms with Gasteiger partial charge in [-0.1, -0.05) is 28.1 Å². The van der Waals surface area contributed by atoms with Gasteiger partial charge in [0.2, 0.25) is 11.8 Å². The number of benzene rings is 1. The van der Waals surface area contributed by atoms with E-state index in [1.807, 2.05) is 24.3 Å². The molecule has 0 aliphatic carbocycles. The molecule has 4 nitrogen and oxygen atoms in total. The van der Waals surface area contributed by atoms with Gasteiger partial charge in [0.25, 0.3) is 0 Å². The Labute approximate surface area is 120 Å². The van der Waals surface area contributed by atoms with Crippen LogP contribution in [-0.2, 0) is 9.59 Å². The summed E-state index contributed by atoms with van der Waals surface area (Å²) in [5, 5.41) is 2.75. The molecule has 100 valence electrons. The number of hydrogen-bond acceptors (Lipinski definition) is 2. The summed E-state index contributed by atoms with van der Waals surface area (Å²) in [6, 6.07) is 7.73. The van der Waals surface area contributed by atoms with Crippen LogP contribution in [0.1, 0.15) is 12.0 Å². The van der Waals surface area contributed by atoms with Gasteiger partial charge in [-0.25, -0.2) is 0 Å². The zero-order chi connectivity index (χ0) is 13.7. The molecule has 1 aliphatic rings. The molecule has 1 N–H and O–H groups in total. The normalized spacial score (nSPS) is 16.3. The Balaban J connectivity index is 1.98. The van der Waals surface area contributed by atoms with E-state index < -0.39 is 0 Å². The Hall–Kier alpha value is -1.62. The maximum atomic E-state index is 12.0. The van der Waals surface area contributed by atoms with E-state index in [0.717, 1.165) is 10.0 Å². The van der Waals surface area contributed by atoms with Gasteiger partial charge in [0.15, 0.2) is 0 Å². The molecule has 5 heteroatoms. The third-order valence-electron chi connectivity index (χ3n) is 2.89. The van der Waals surface area contributed by atoms with Crippen molar-refractivity contribution in [3.63, 3.8) is 0 Å². The van der Waals surface area contributed by atoms with Crippen LogP contribution >= 0.6 is 15.9 Å². The van der Waals surface area contributed by atoms with Crippen molar-refractivity contribution in [3.8, 4) is 0 Å². The molecule has 19 heavy (non-hydrogen) atoms. The quantitative estimate of drug-likeness (QED) is 0.844. The van der Waals surface area contributed by atoms with Gasteiger partial charge in [0.1, 0.15) is 0 Å². The number of hydrogen-bond donors (Lipinski definition) is 1. The van der Waals surface area contributed by atoms with Crippen LogP contribution in [0.25, 0.3) is 6.08 Å². The van der Waals surface area contributed by atoms with Gasteiger partial charge in [-0.05, 0) is 23.8 Å². The molecule has 0 saturated carbocycles. The first-order chi connectivity index (χ1) is 9.15. The lowest BCUT2D eigenvalue weighted by Crippen LogP contribution is -2.32. The summed E-state index contributed by atoms with van der Waals surface area (Å²) in [4.78, 5) is 24.9. The second-order valence-electron chi connectivity index (χ2n) is 4.31. The molecule has 1 fully saturated rings. The zero-order valence-corrected chi connectivity index (χ0v) is 12.0. The maximum Gasteiger partial charge on any atom is 0.246 e. The second kappa shape index (κ2) is 6.52. The number of amides is 2. The topological polar surface area (TPSA) is 49.4 Å². The average molecular weight is 323 g/mol. The fourth-order valence-corrected chi connectivity index (χ4v) is 2.29. The number of nitrogens with zero attached hydrogens (tertiary/aromatic N) is 1. The van der Waals surface area contributed by atoms with Gasteiger partial charge in [0, 0.05) is 36.6 Å². The smallest absolute Gasteiger partial charge is 0.246 e. The molecule has 0 radical (unpaired) electrons. The minimum absolute atomic E-state index is 0.00581. The molecular weight excluding hydrogens is 308 g/mol. The fraction of sp³-hybridized carbons (Fsp3) is 0.286. The molecule has 1 heterocycles. The monoisotopic (exact) mass is 322 g/mol. The molecule has 0 bridgehead atoms. The highest BCUT2D eigenvalue weighted by molar-refractivity contribution is 9.10. The van der Waals surface area contributed by atoms with Crippen LogP contribution < -0.4 is 5.32 Å². The van der Waals surface area contributed by atoms with Gasteiger partial charge in [-0.3, -0.25) is 9.59 Å². The third-order valence-corrected chi connectivity index (χ3v) is 3.38. The van der Waals surface area contributed by atoms with Crippen LogP contribution in [0.3, 0.4) is 0 Å². The molecule has 1 aliphatic heterocycles. The molecule has 1 aromatic rings. The van der Waals surface area contributed by atoms with Gasteiger partial charge in [-0.15, -0.1) is 0 Å². The van der Waals surface area contributed by atoms with E-state index in [1.54, 1.807) is 17.1 Å². The van der Waals surface area contributed by atoms with Crippen molar-refractivity contribution < 1.29 is 9.59 Å². The van der Waals surface area contributed by atoms with Gasteiger partial charge >= 0.3 is 0 Å². The van der Waals surface area contributed by atoms with Crippen LogP contribution in [0.15, 0.2) is 34.8 Å². The number of carbonyl (C=O) groups excluding carboxylic acids is 2. The van der Waals surface area contributed by atoms with E-state index in [-0.39, 0.29) is 11.8 Å². The largest absolute Gasteiger partial charge is 0.354 e. The Kier molecular flexibility index (Phi) is 4.74. The van der Waals surface area contributed by atoms with E-state index in [1.165, 1.54) is 0 Å². The van der Waals surface area contributed by atoms with Crippen LogP contribution in [0.2, 0.25) is 0 Å². The molecule has 1 saturated heterocycles. The minimum atomic E-state index is -0.0588. The van der Waals surface area contributed by atoms with E-state index in [9.17, 15) is 9.59 Å². The second-order valence-corrected chi connectivity index (χ2v) is 5.23. The predicted octanol–water partition coefficient (Wildman–Crippen LogP) is 1.81. The zero-order valence-electron chi connectivity index (χ0n) is 10.4. The highest BCUT2D eigenvalue weighted by Gasteiger charge is 2.16. The Morgan fingerprint density at radius 1 is 1.37 bits per heavy atom. The molecule has 0 aromatic heterocycles. The molecule has 1 aromatic carbocycles. The number of carbonyl (C=O) groups is 2. The number of halogens is 1. The first-order valence-electron chi connectivity index (χ1n) is 6.14. The van der Waals surface area contributed by atoms with Crippen molar-refractivity contribution in [1.82, 2.24) is 10.2 Å². The van der Waals surface area contributed by atoms with Crippen molar-refractivity contribution in [3.05, 3.63) is 40.4 Å². The van der Waals surface area contributed by atoms with Gasteiger partial charge < -0.3 is 10.2 Å². The van der Waals surface area contributed by atoms with Gasteiger partial charge in [-0.2, -0.15) is 0 Å². The SMILES string of the molecule is O=C1CCN(C(=O)C=Cc2cccc(Br)c2)CCN1. The van der Waals surface area contributed by atoms with Gasteiger partial charge in [0.05, 0.1) is 0 Å². The highest BCUT2D eigenvalue weighted by Crippen LogP contribution is 2.13. The van der Waals surface area contributed by atoms with Crippen LogP contribution in [0.4, 0.5) is 0 Å². The van der Waals surface area contributed by atoms with E-state index in [0.29, 0.717) is 26.1 Å². The maximum absolute atomic E-state index is 12.0. The third kappa shape index (κ3) is 4.21. The van der Waals surface area contributed by atoms with Crippen molar-refractivity contribution in [2.45, 2.75) is 6.42 Å². The number of nitrogens with one attached hydrogen (secondary N) is 1. The Morgan fingerprint density at radius 3 is 3.00 bits per heavy atom. The highest BCUT2D eigenvalue weighted by atomic mass is 79.9. The van der Waals surface area contributed by atoms with Crippen molar-refractivity contribution in [1.29, 1.82) is 0 Å². The van der Waals surface area contributed by atoms with Crippen molar-refractivity contribution in [2.75, 3.05) is 19.6 Å². The Bertz CT molecular complexity index is 514. The molecule has 2 amide bonds. The Morgan fingerprint density at radius 2 is 2.21 bits per heavy atom. The molecule has 2 rings (SSSR count). The first-order valence-corrected chi connectivity index (χ1v) is 6.94. The predicted molar refractivity (Wildman–Crippen MR) is 77.4 cm³/mol. The molecule has 0 atom stereocenters. The number of rotatable bonds is 2. The van der Waals surface area contributed by atoms with Crippen LogP contribution in [-0.4, -0.2) is 36.3 Å². The van der Waals surface area contributed by atoms with E-state index in [2.05, 4.69) is 21.2 Å². The van der Waals surface area contributed by atoms with Crippen LogP contribution in [0, 0.1) is 0 Å². The van der Waals surface area contributed by atoms with Crippen molar-refractivity contribution in [2.24, 2.45) is 0 Å². The summed E-state index contributed by atoms with van der Waals surface area (Å²) in [5.74, 6) is -0.0530. The average Bonchev–Trinajstić information content (AvgIpc) is 2.61. The summed E-state index contributed by atoms with van der Waals surface area (Å²) in [7, 11) is 0. The van der Waals surface area contributed by atoms with E-state index in [4.69, 9.17) is 0 Å². The first kappa shape index (κ1) is 13.8. The summed E-state index contributed by atoms with van der Waals surface area (Å²) in [6.07, 6.45) is 3.71. The summed E-state index contributed by atoms with van der Waals surface area (Å²) in [5.41, 5.74) is 0.965. The molecular formula is C14H15BrN2O2. The van der Waals surface area contributed by atoms with Crippen LogP contribution in [0.5, 0.6) is 0 Å². The fourth-order valence-electron chi connectivity index (χ4n) is 1.87. The molecule has 0 unspecified atom stereocenters. The van der Waals surface area contributed by atoms with Crippen molar-refractivity contribution >= 4 is 33.8 Å². The lowest BCUT2D eigenvalue weighted by atomic mass is 10.2. The summed E-state index contributed by atoms with van der Waals surface area (Å²) < 4.78 is 0.978. The van der Waals surface area contributed by atoms with E-state index >= 15 is 0 Å². The molecule has 0 spiro atoms. The standard InChI is InChI=1S/C14H15BrN2O2/c15-12-3-1-2-11(10-12)4-5-14(19)17-8-6-13(18)16-7-9-17/h1-5,10H,6-9H2,(H,16,18). The summed E-state index contributed by atoms with van der Waals surface area (Å²) >= 11 is 3.39. The minimum Gasteiger partial charge on any atom is -0.354 e. The summed E-state index contributed by atoms with van der Waals surface area (Å²) in [6.45, 7) is 1.57. The lowest BCUT2D eigenvalue weighted by Gasteiger charge is -2.17. The lowest BCUT2D eigenvalue weighted by molar-refractivity contribution is -0.125.